The maximum atomic E-state index is 11.8. The van der Waals surface area contributed by atoms with Gasteiger partial charge in [-0.1, -0.05) is 6.07 Å². The van der Waals surface area contributed by atoms with Crippen molar-refractivity contribution < 1.29 is 9.53 Å². The van der Waals surface area contributed by atoms with Crippen LogP contribution in [0.15, 0.2) is 30.5 Å². The molecule has 0 bridgehead atoms. The number of rotatable bonds is 3. The molecule has 2 aromatic rings. The molecule has 1 atom stereocenters. The average molecular weight is 285 g/mol. The summed E-state index contributed by atoms with van der Waals surface area (Å²) in [6, 6.07) is 7.42. The predicted octanol–water partition coefficient (Wildman–Crippen LogP) is 2.39. The van der Waals surface area contributed by atoms with Crippen molar-refractivity contribution >= 4 is 5.97 Å². The van der Waals surface area contributed by atoms with Gasteiger partial charge in [-0.25, -0.2) is 9.48 Å². The molecule has 0 spiro atoms. The Morgan fingerprint density at radius 2 is 2.38 bits per heavy atom. The molecule has 110 valence electrons. The summed E-state index contributed by atoms with van der Waals surface area (Å²) >= 11 is 0. The van der Waals surface area contributed by atoms with Gasteiger partial charge in [-0.15, -0.1) is 0 Å². The van der Waals surface area contributed by atoms with E-state index in [2.05, 4.69) is 5.10 Å². The summed E-state index contributed by atoms with van der Waals surface area (Å²) in [5, 5.41) is 4.45. The van der Waals surface area contributed by atoms with Crippen molar-refractivity contribution in [2.45, 2.75) is 32.2 Å². The van der Waals surface area contributed by atoms with E-state index in [4.69, 9.17) is 10.5 Å². The molecule has 0 fully saturated rings. The minimum atomic E-state index is -0.308. The second-order valence-corrected chi connectivity index (χ2v) is 5.23. The van der Waals surface area contributed by atoms with E-state index in [0.29, 0.717) is 12.2 Å². The van der Waals surface area contributed by atoms with Crippen LogP contribution in [0.2, 0.25) is 0 Å². The number of ether oxygens (including phenoxy) is 1. The summed E-state index contributed by atoms with van der Waals surface area (Å²) in [4.78, 5) is 11.8. The third-order valence-corrected chi connectivity index (χ3v) is 3.83. The van der Waals surface area contributed by atoms with E-state index < -0.39 is 0 Å². The van der Waals surface area contributed by atoms with Crippen molar-refractivity contribution in [3.8, 4) is 5.69 Å². The second-order valence-electron chi connectivity index (χ2n) is 5.23. The predicted molar refractivity (Wildman–Crippen MR) is 79.4 cm³/mol. The smallest absolute Gasteiger partial charge is 0.338 e. The lowest BCUT2D eigenvalue weighted by molar-refractivity contribution is 0.0526. The molecule has 1 aromatic heterocycles. The first-order valence-corrected chi connectivity index (χ1v) is 7.30. The van der Waals surface area contributed by atoms with Gasteiger partial charge in [-0.2, -0.15) is 5.10 Å². The first-order chi connectivity index (χ1) is 10.2. The molecular weight excluding hydrogens is 266 g/mol. The number of benzene rings is 1. The summed E-state index contributed by atoms with van der Waals surface area (Å²) in [6.45, 7) is 2.17. The Bertz CT molecular complexity index is 663. The van der Waals surface area contributed by atoms with Crippen LogP contribution in [0.4, 0.5) is 0 Å². The highest BCUT2D eigenvalue weighted by Gasteiger charge is 2.22. The molecule has 1 aliphatic rings. The van der Waals surface area contributed by atoms with Gasteiger partial charge >= 0.3 is 5.97 Å². The molecule has 5 heteroatoms. The van der Waals surface area contributed by atoms with E-state index in [1.165, 1.54) is 0 Å². The molecule has 1 heterocycles. The van der Waals surface area contributed by atoms with Crippen LogP contribution >= 0.6 is 0 Å². The summed E-state index contributed by atoms with van der Waals surface area (Å²) in [7, 11) is 0. The zero-order valence-corrected chi connectivity index (χ0v) is 12.1. The summed E-state index contributed by atoms with van der Waals surface area (Å²) in [5.41, 5.74) is 9.80. The molecule has 0 saturated carbocycles. The largest absolute Gasteiger partial charge is 0.462 e. The standard InChI is InChI=1S/C16H19N3O2/c1-2-21-16(20)11-5-3-6-12(9-11)19-15-8-4-7-14(17)13(15)10-18-19/h3,5-6,9-10,14H,2,4,7-8,17H2,1H3. The Balaban J connectivity index is 1.98. The quantitative estimate of drug-likeness (QED) is 0.879. The van der Waals surface area contributed by atoms with Crippen molar-refractivity contribution in [3.05, 3.63) is 47.3 Å². The van der Waals surface area contributed by atoms with Gasteiger partial charge in [0.2, 0.25) is 0 Å². The van der Waals surface area contributed by atoms with Gasteiger partial charge in [0.15, 0.2) is 0 Å². The Labute approximate surface area is 123 Å². The third kappa shape index (κ3) is 2.56. The number of nitrogens with two attached hydrogens (primary N) is 1. The van der Waals surface area contributed by atoms with E-state index in [9.17, 15) is 4.79 Å². The van der Waals surface area contributed by atoms with Crippen LogP contribution in [0.1, 0.15) is 47.4 Å². The molecule has 21 heavy (non-hydrogen) atoms. The molecule has 1 aromatic carbocycles. The molecule has 0 radical (unpaired) electrons. The van der Waals surface area contributed by atoms with Gasteiger partial charge < -0.3 is 10.5 Å². The fraction of sp³-hybridized carbons (Fsp3) is 0.375. The van der Waals surface area contributed by atoms with Crippen LogP contribution in [-0.4, -0.2) is 22.4 Å². The summed E-state index contributed by atoms with van der Waals surface area (Å²) in [6.07, 6.45) is 4.88. The number of fused-ring (bicyclic) bond motifs is 1. The van der Waals surface area contributed by atoms with Crippen LogP contribution in [0.25, 0.3) is 5.69 Å². The highest BCUT2D eigenvalue weighted by Crippen LogP contribution is 2.29. The molecular formula is C16H19N3O2. The Hall–Kier alpha value is -2.14. The van der Waals surface area contributed by atoms with Crippen LogP contribution in [0, 0.1) is 0 Å². The number of aromatic nitrogens is 2. The van der Waals surface area contributed by atoms with Crippen molar-refractivity contribution in [2.24, 2.45) is 5.73 Å². The lowest BCUT2D eigenvalue weighted by atomic mass is 9.94. The molecule has 3 rings (SSSR count). The summed E-state index contributed by atoms with van der Waals surface area (Å²) < 4.78 is 6.93. The molecule has 0 amide bonds. The van der Waals surface area contributed by atoms with E-state index in [0.717, 1.165) is 36.2 Å². The monoisotopic (exact) mass is 285 g/mol. The number of hydrogen-bond acceptors (Lipinski definition) is 4. The molecule has 1 aliphatic carbocycles. The van der Waals surface area contributed by atoms with E-state index in [1.807, 2.05) is 29.1 Å². The number of nitrogens with zero attached hydrogens (tertiary/aromatic N) is 2. The van der Waals surface area contributed by atoms with E-state index in [1.54, 1.807) is 13.0 Å². The van der Waals surface area contributed by atoms with Gasteiger partial charge in [0.05, 0.1) is 24.1 Å². The normalized spacial score (nSPS) is 17.3. The highest BCUT2D eigenvalue weighted by molar-refractivity contribution is 5.90. The van der Waals surface area contributed by atoms with Crippen LogP contribution in [0.3, 0.4) is 0 Å². The second kappa shape index (κ2) is 5.69. The van der Waals surface area contributed by atoms with Crippen LogP contribution < -0.4 is 5.73 Å². The maximum Gasteiger partial charge on any atom is 0.338 e. The first kappa shape index (κ1) is 13.8. The number of esters is 1. The van der Waals surface area contributed by atoms with Crippen molar-refractivity contribution in [1.29, 1.82) is 0 Å². The number of carbonyl (C=O) groups is 1. The van der Waals surface area contributed by atoms with Crippen LogP contribution in [-0.2, 0) is 11.2 Å². The van der Waals surface area contributed by atoms with Crippen molar-refractivity contribution in [2.75, 3.05) is 6.61 Å². The van der Waals surface area contributed by atoms with E-state index in [-0.39, 0.29) is 12.0 Å². The third-order valence-electron chi connectivity index (χ3n) is 3.83. The molecule has 0 saturated heterocycles. The zero-order chi connectivity index (χ0) is 14.8. The molecule has 1 unspecified atom stereocenters. The van der Waals surface area contributed by atoms with Gasteiger partial charge in [0.25, 0.3) is 0 Å². The van der Waals surface area contributed by atoms with Gasteiger partial charge in [-0.05, 0) is 44.4 Å². The van der Waals surface area contributed by atoms with Crippen LogP contribution in [0.5, 0.6) is 0 Å². The minimum absolute atomic E-state index is 0.0655. The maximum absolute atomic E-state index is 11.8. The highest BCUT2D eigenvalue weighted by atomic mass is 16.5. The fourth-order valence-electron chi connectivity index (χ4n) is 2.79. The van der Waals surface area contributed by atoms with E-state index >= 15 is 0 Å². The van der Waals surface area contributed by atoms with Gasteiger partial charge in [0.1, 0.15) is 0 Å². The average Bonchev–Trinajstić information content (AvgIpc) is 2.93. The lowest BCUT2D eigenvalue weighted by Crippen LogP contribution is -2.18. The summed E-state index contributed by atoms with van der Waals surface area (Å²) in [5.74, 6) is -0.308. The Kier molecular flexibility index (Phi) is 3.75. The van der Waals surface area contributed by atoms with Crippen molar-refractivity contribution in [1.82, 2.24) is 9.78 Å². The minimum Gasteiger partial charge on any atom is -0.462 e. The first-order valence-electron chi connectivity index (χ1n) is 7.30. The molecule has 0 aliphatic heterocycles. The Morgan fingerprint density at radius 1 is 1.52 bits per heavy atom. The lowest BCUT2D eigenvalue weighted by Gasteiger charge is -2.19. The van der Waals surface area contributed by atoms with Gasteiger partial charge in [0, 0.05) is 17.3 Å². The number of carbonyl (C=O) groups excluding carboxylic acids is 1. The topological polar surface area (TPSA) is 70.1 Å². The Morgan fingerprint density at radius 3 is 3.19 bits per heavy atom. The van der Waals surface area contributed by atoms with Gasteiger partial charge in [-0.3, -0.25) is 0 Å². The fourth-order valence-corrected chi connectivity index (χ4v) is 2.79. The molecule has 2 N–H and O–H groups in total. The molecule has 5 nitrogen and oxygen atoms in total. The number of hydrogen-bond donors (Lipinski definition) is 1. The zero-order valence-electron chi connectivity index (χ0n) is 12.1. The van der Waals surface area contributed by atoms with Crippen molar-refractivity contribution in [3.63, 3.8) is 0 Å². The SMILES string of the molecule is CCOC(=O)c1cccc(-n2ncc3c2CCCC3N)c1.